The molecule has 0 aliphatic carbocycles. The maximum atomic E-state index is 11.7. The molecule has 7 nitrogen and oxygen atoms in total. The molecule has 1 fully saturated rings. The molecule has 0 bridgehead atoms. The number of likely N-dealkylation sites (N-methyl/N-ethyl adjacent to an activating group) is 1. The van der Waals surface area contributed by atoms with E-state index in [2.05, 4.69) is 10.3 Å². The van der Waals surface area contributed by atoms with Crippen LogP contribution in [0.2, 0.25) is 5.15 Å². The third-order valence-electron chi connectivity index (χ3n) is 2.78. The number of nitro groups is 1. The van der Waals surface area contributed by atoms with Crippen molar-refractivity contribution in [3.63, 3.8) is 0 Å². The molecule has 1 saturated heterocycles. The van der Waals surface area contributed by atoms with E-state index in [9.17, 15) is 14.9 Å². The first-order valence-electron chi connectivity index (χ1n) is 5.31. The smallest absolute Gasteiger partial charge is 0.311 e. The maximum absolute atomic E-state index is 11.7. The highest BCUT2D eigenvalue weighted by Crippen LogP contribution is 2.26. The van der Waals surface area contributed by atoms with Crippen molar-refractivity contribution in [2.45, 2.75) is 12.5 Å². The average molecular weight is 271 g/mol. The van der Waals surface area contributed by atoms with Crippen LogP contribution in [-0.4, -0.2) is 40.3 Å². The summed E-state index contributed by atoms with van der Waals surface area (Å²) in [5.74, 6) is -0.0766. The summed E-state index contributed by atoms with van der Waals surface area (Å²) >= 11 is 5.70. The summed E-state index contributed by atoms with van der Waals surface area (Å²) in [5, 5.41) is 13.8. The molecule has 18 heavy (non-hydrogen) atoms. The molecule has 1 atom stereocenters. The van der Waals surface area contributed by atoms with E-state index >= 15 is 0 Å². The minimum atomic E-state index is -0.561. The second-order valence-electron chi connectivity index (χ2n) is 4.00. The van der Waals surface area contributed by atoms with Gasteiger partial charge in [0.15, 0.2) is 0 Å². The standard InChI is InChI=1S/C10H11ClN4O3/c1-14-5-4-6(10(14)16)12-9-7(15(17)18)2-3-8(11)13-9/h2-3,6H,4-5H2,1H3,(H,12,13). The first-order valence-corrected chi connectivity index (χ1v) is 5.69. The fourth-order valence-electron chi connectivity index (χ4n) is 1.80. The van der Waals surface area contributed by atoms with Crippen molar-refractivity contribution in [1.29, 1.82) is 0 Å². The minimum Gasteiger partial charge on any atom is -0.353 e. The fraction of sp³-hybridized carbons (Fsp3) is 0.400. The molecule has 2 heterocycles. The molecule has 96 valence electrons. The van der Waals surface area contributed by atoms with Gasteiger partial charge in [-0.1, -0.05) is 11.6 Å². The van der Waals surface area contributed by atoms with Gasteiger partial charge in [0.25, 0.3) is 0 Å². The molecule has 0 aromatic carbocycles. The van der Waals surface area contributed by atoms with Crippen LogP contribution in [0.4, 0.5) is 11.5 Å². The Morgan fingerprint density at radius 1 is 1.61 bits per heavy atom. The van der Waals surface area contributed by atoms with Gasteiger partial charge >= 0.3 is 5.69 Å². The van der Waals surface area contributed by atoms with Gasteiger partial charge in [0.2, 0.25) is 11.7 Å². The van der Waals surface area contributed by atoms with Gasteiger partial charge in [0, 0.05) is 19.7 Å². The Balaban J connectivity index is 2.25. The number of aromatic nitrogens is 1. The van der Waals surface area contributed by atoms with E-state index < -0.39 is 11.0 Å². The number of anilines is 1. The Bertz CT molecular complexity index is 508. The predicted octanol–water partition coefficient (Wildman–Crippen LogP) is 1.29. The zero-order valence-electron chi connectivity index (χ0n) is 9.59. The number of nitrogens with zero attached hydrogens (tertiary/aromatic N) is 3. The molecule has 0 spiro atoms. The molecule has 1 N–H and O–H groups in total. The zero-order chi connectivity index (χ0) is 13.3. The van der Waals surface area contributed by atoms with Crippen molar-refractivity contribution < 1.29 is 9.72 Å². The highest BCUT2D eigenvalue weighted by molar-refractivity contribution is 6.29. The number of rotatable bonds is 3. The highest BCUT2D eigenvalue weighted by Gasteiger charge is 2.31. The van der Waals surface area contributed by atoms with Crippen LogP contribution >= 0.6 is 11.6 Å². The SMILES string of the molecule is CN1CCC(Nc2nc(Cl)ccc2[N+](=O)[O-])C1=O. The number of likely N-dealkylation sites (tertiary alicyclic amines) is 1. The molecule has 0 radical (unpaired) electrons. The Hall–Kier alpha value is -1.89. The van der Waals surface area contributed by atoms with Crippen LogP contribution < -0.4 is 5.32 Å². The lowest BCUT2D eigenvalue weighted by Gasteiger charge is -2.12. The van der Waals surface area contributed by atoms with Crippen molar-refractivity contribution in [2.24, 2.45) is 0 Å². The van der Waals surface area contributed by atoms with E-state index in [1.807, 2.05) is 0 Å². The van der Waals surface area contributed by atoms with Crippen molar-refractivity contribution in [3.8, 4) is 0 Å². The second kappa shape index (κ2) is 4.77. The molecule has 8 heteroatoms. The van der Waals surface area contributed by atoms with Crippen LogP contribution in [0.1, 0.15) is 6.42 Å². The van der Waals surface area contributed by atoms with Gasteiger partial charge in [-0.3, -0.25) is 14.9 Å². The predicted molar refractivity (Wildman–Crippen MR) is 65.6 cm³/mol. The van der Waals surface area contributed by atoms with Gasteiger partial charge in [-0.05, 0) is 12.5 Å². The van der Waals surface area contributed by atoms with E-state index in [0.717, 1.165) is 0 Å². The van der Waals surface area contributed by atoms with Gasteiger partial charge in [-0.15, -0.1) is 0 Å². The topological polar surface area (TPSA) is 88.4 Å². The van der Waals surface area contributed by atoms with E-state index in [1.165, 1.54) is 12.1 Å². The van der Waals surface area contributed by atoms with Crippen molar-refractivity contribution in [2.75, 3.05) is 18.9 Å². The first-order chi connectivity index (χ1) is 8.49. The summed E-state index contributed by atoms with van der Waals surface area (Å²) in [6, 6.07) is 2.12. The third kappa shape index (κ3) is 2.35. The summed E-state index contributed by atoms with van der Waals surface area (Å²) in [4.78, 5) is 27.4. The summed E-state index contributed by atoms with van der Waals surface area (Å²) in [7, 11) is 1.68. The Morgan fingerprint density at radius 3 is 2.89 bits per heavy atom. The van der Waals surface area contributed by atoms with Gasteiger partial charge < -0.3 is 10.2 Å². The van der Waals surface area contributed by atoms with E-state index in [1.54, 1.807) is 11.9 Å². The summed E-state index contributed by atoms with van der Waals surface area (Å²) in [5.41, 5.74) is -0.193. The molecule has 1 aliphatic heterocycles. The zero-order valence-corrected chi connectivity index (χ0v) is 10.3. The number of hydrogen-bond acceptors (Lipinski definition) is 5. The number of hydrogen-bond donors (Lipinski definition) is 1. The quantitative estimate of drug-likeness (QED) is 0.508. The fourth-order valence-corrected chi connectivity index (χ4v) is 1.95. The normalized spacial score (nSPS) is 19.1. The lowest BCUT2D eigenvalue weighted by atomic mass is 10.2. The van der Waals surface area contributed by atoms with Crippen molar-refractivity contribution in [1.82, 2.24) is 9.88 Å². The van der Waals surface area contributed by atoms with Crippen molar-refractivity contribution in [3.05, 3.63) is 27.4 Å². The Kier molecular flexibility index (Phi) is 3.33. The monoisotopic (exact) mass is 270 g/mol. The Morgan fingerprint density at radius 2 is 2.33 bits per heavy atom. The van der Waals surface area contributed by atoms with Crippen LogP contribution in [0.3, 0.4) is 0 Å². The molecule has 1 aromatic heterocycles. The van der Waals surface area contributed by atoms with Gasteiger partial charge in [0.1, 0.15) is 11.2 Å². The molecular weight excluding hydrogens is 260 g/mol. The largest absolute Gasteiger partial charge is 0.353 e. The summed E-state index contributed by atoms with van der Waals surface area (Å²) in [6.07, 6.45) is 0.584. The molecule has 0 saturated carbocycles. The van der Waals surface area contributed by atoms with Crippen LogP contribution in [0.15, 0.2) is 12.1 Å². The van der Waals surface area contributed by atoms with Gasteiger partial charge in [-0.2, -0.15) is 0 Å². The maximum Gasteiger partial charge on any atom is 0.311 e. The molecule has 1 aromatic rings. The van der Waals surface area contributed by atoms with E-state index in [0.29, 0.717) is 13.0 Å². The van der Waals surface area contributed by atoms with Gasteiger partial charge in [-0.25, -0.2) is 4.98 Å². The number of carbonyl (C=O) groups excluding carboxylic acids is 1. The second-order valence-corrected chi connectivity index (χ2v) is 4.39. The summed E-state index contributed by atoms with van der Waals surface area (Å²) < 4.78 is 0. The molecule has 2 rings (SSSR count). The van der Waals surface area contributed by atoms with E-state index in [4.69, 9.17) is 11.6 Å². The van der Waals surface area contributed by atoms with E-state index in [-0.39, 0.29) is 22.6 Å². The summed E-state index contributed by atoms with van der Waals surface area (Å²) in [6.45, 7) is 0.616. The molecule has 1 aliphatic rings. The van der Waals surface area contributed by atoms with Crippen LogP contribution in [-0.2, 0) is 4.79 Å². The number of amides is 1. The lowest BCUT2D eigenvalue weighted by Crippen LogP contribution is -2.31. The molecular formula is C10H11ClN4O3. The van der Waals surface area contributed by atoms with Crippen LogP contribution in [0.25, 0.3) is 0 Å². The average Bonchev–Trinajstić information content (AvgIpc) is 2.61. The highest BCUT2D eigenvalue weighted by atomic mass is 35.5. The lowest BCUT2D eigenvalue weighted by molar-refractivity contribution is -0.384. The molecule has 1 amide bonds. The minimum absolute atomic E-state index is 0.0288. The first kappa shape index (κ1) is 12.6. The third-order valence-corrected chi connectivity index (χ3v) is 2.99. The number of pyridine rings is 1. The molecule has 1 unspecified atom stereocenters. The number of nitrogens with one attached hydrogen (secondary N) is 1. The van der Waals surface area contributed by atoms with Gasteiger partial charge in [0.05, 0.1) is 4.92 Å². The number of carbonyl (C=O) groups is 1. The number of halogens is 1. The van der Waals surface area contributed by atoms with Crippen molar-refractivity contribution >= 4 is 29.0 Å². The van der Waals surface area contributed by atoms with Crippen LogP contribution in [0, 0.1) is 10.1 Å². The van der Waals surface area contributed by atoms with Crippen LogP contribution in [0.5, 0.6) is 0 Å². The Labute approximate surface area is 108 Å².